The molecule has 0 atom stereocenters. The lowest BCUT2D eigenvalue weighted by atomic mass is 10.1. The summed E-state index contributed by atoms with van der Waals surface area (Å²) in [6.07, 6.45) is 4.61. The van der Waals surface area contributed by atoms with Crippen molar-refractivity contribution < 1.29 is 9.59 Å². The topological polar surface area (TPSA) is 112 Å². The number of H-pyrrole nitrogens is 1. The first-order valence-electron chi connectivity index (χ1n) is 7.84. The lowest BCUT2D eigenvalue weighted by molar-refractivity contribution is -0.120. The first kappa shape index (κ1) is 17.0. The van der Waals surface area contributed by atoms with Gasteiger partial charge in [-0.2, -0.15) is 10.2 Å². The summed E-state index contributed by atoms with van der Waals surface area (Å²) in [4.78, 5) is 27.5. The van der Waals surface area contributed by atoms with Crippen LogP contribution in [-0.4, -0.2) is 39.8 Å². The number of carbonyl (C=O) groups is 2. The van der Waals surface area contributed by atoms with Gasteiger partial charge in [0, 0.05) is 17.3 Å². The number of hydrogen-bond donors (Lipinski definition) is 3. The van der Waals surface area contributed by atoms with E-state index < -0.39 is 11.8 Å². The molecule has 3 N–H and O–H groups in total. The monoisotopic (exact) mass is 348 g/mol. The largest absolute Gasteiger partial charge is 0.342 e. The number of pyridine rings is 1. The highest BCUT2D eigenvalue weighted by Crippen LogP contribution is 2.18. The molecule has 0 saturated carbocycles. The summed E-state index contributed by atoms with van der Waals surface area (Å²) in [5, 5.41) is 13.3. The van der Waals surface area contributed by atoms with Crippen LogP contribution in [0.3, 0.4) is 0 Å². The van der Waals surface area contributed by atoms with Gasteiger partial charge in [-0.1, -0.05) is 36.4 Å². The average Bonchev–Trinajstić information content (AvgIpc) is 3.16. The SMILES string of the molecule is O=C(CNC(=O)c1ccccn1)N/N=C\c1cn[nH]c1-c1ccccc1. The number of rotatable bonds is 6. The molecule has 2 amide bonds. The molecule has 0 radical (unpaired) electrons. The van der Waals surface area contributed by atoms with Crippen molar-refractivity contribution in [2.75, 3.05) is 6.54 Å². The standard InChI is InChI=1S/C18H16N6O2/c25-16(12-20-18(26)15-8-4-5-9-19-15)23-21-10-14-11-22-24-17(14)13-6-2-1-3-7-13/h1-11H,12H2,(H,20,26)(H,22,24)(H,23,25)/b21-10-. The molecule has 8 nitrogen and oxygen atoms in total. The van der Waals surface area contributed by atoms with Crippen molar-refractivity contribution >= 4 is 18.0 Å². The molecule has 3 aromatic rings. The molecular weight excluding hydrogens is 332 g/mol. The Balaban J connectivity index is 1.52. The lowest BCUT2D eigenvalue weighted by Crippen LogP contribution is -2.35. The van der Waals surface area contributed by atoms with E-state index in [1.54, 1.807) is 24.4 Å². The number of aromatic amines is 1. The molecule has 8 heteroatoms. The fourth-order valence-electron chi connectivity index (χ4n) is 2.19. The van der Waals surface area contributed by atoms with Crippen LogP contribution in [0.5, 0.6) is 0 Å². The van der Waals surface area contributed by atoms with E-state index in [0.717, 1.165) is 16.8 Å². The summed E-state index contributed by atoms with van der Waals surface area (Å²) in [5.41, 5.74) is 5.09. The number of nitrogens with one attached hydrogen (secondary N) is 3. The van der Waals surface area contributed by atoms with E-state index in [9.17, 15) is 9.59 Å². The first-order valence-corrected chi connectivity index (χ1v) is 7.84. The average molecular weight is 348 g/mol. The predicted molar refractivity (Wildman–Crippen MR) is 96.3 cm³/mol. The van der Waals surface area contributed by atoms with Gasteiger partial charge in [0.15, 0.2) is 0 Å². The Morgan fingerprint density at radius 2 is 1.92 bits per heavy atom. The van der Waals surface area contributed by atoms with Gasteiger partial charge in [-0.25, -0.2) is 5.43 Å². The third-order valence-corrected chi connectivity index (χ3v) is 3.43. The summed E-state index contributed by atoms with van der Waals surface area (Å²) in [7, 11) is 0. The Morgan fingerprint density at radius 1 is 1.12 bits per heavy atom. The van der Waals surface area contributed by atoms with Crippen LogP contribution in [0.25, 0.3) is 11.3 Å². The fourth-order valence-corrected chi connectivity index (χ4v) is 2.19. The molecule has 0 bridgehead atoms. The second kappa shape index (κ2) is 8.34. The highest BCUT2D eigenvalue weighted by Gasteiger charge is 2.08. The third-order valence-electron chi connectivity index (χ3n) is 3.43. The third kappa shape index (κ3) is 4.38. The van der Waals surface area contributed by atoms with Crippen molar-refractivity contribution in [2.45, 2.75) is 0 Å². The number of aromatic nitrogens is 3. The maximum atomic E-state index is 11.8. The molecular formula is C18H16N6O2. The van der Waals surface area contributed by atoms with E-state index in [1.807, 2.05) is 30.3 Å². The number of benzene rings is 1. The molecule has 2 heterocycles. The highest BCUT2D eigenvalue weighted by atomic mass is 16.2. The quantitative estimate of drug-likeness (QED) is 0.461. The second-order valence-corrected chi connectivity index (χ2v) is 5.26. The van der Waals surface area contributed by atoms with Gasteiger partial charge in [0.25, 0.3) is 11.8 Å². The van der Waals surface area contributed by atoms with Crippen LogP contribution in [0.4, 0.5) is 0 Å². The van der Waals surface area contributed by atoms with Crippen molar-refractivity contribution in [3.8, 4) is 11.3 Å². The van der Waals surface area contributed by atoms with Crippen molar-refractivity contribution in [3.63, 3.8) is 0 Å². The van der Waals surface area contributed by atoms with Crippen LogP contribution in [0.15, 0.2) is 66.0 Å². The Labute approximate surface area is 149 Å². The van der Waals surface area contributed by atoms with E-state index in [0.29, 0.717) is 0 Å². The van der Waals surface area contributed by atoms with E-state index in [1.165, 1.54) is 12.4 Å². The minimum absolute atomic E-state index is 0.205. The van der Waals surface area contributed by atoms with Gasteiger partial charge in [0.1, 0.15) is 5.69 Å². The highest BCUT2D eigenvalue weighted by molar-refractivity contribution is 5.95. The van der Waals surface area contributed by atoms with Crippen molar-refractivity contribution in [1.82, 2.24) is 25.9 Å². The Bertz CT molecular complexity index is 906. The van der Waals surface area contributed by atoms with Gasteiger partial charge in [-0.05, 0) is 12.1 Å². The maximum Gasteiger partial charge on any atom is 0.270 e. The molecule has 0 aliphatic rings. The molecule has 0 unspecified atom stereocenters. The number of amides is 2. The van der Waals surface area contributed by atoms with Crippen molar-refractivity contribution in [1.29, 1.82) is 0 Å². The maximum absolute atomic E-state index is 11.8. The van der Waals surface area contributed by atoms with E-state index >= 15 is 0 Å². The number of carbonyl (C=O) groups excluding carboxylic acids is 2. The molecule has 0 fully saturated rings. The zero-order valence-corrected chi connectivity index (χ0v) is 13.7. The molecule has 1 aromatic carbocycles. The van der Waals surface area contributed by atoms with E-state index in [-0.39, 0.29) is 12.2 Å². The minimum atomic E-state index is -0.449. The molecule has 26 heavy (non-hydrogen) atoms. The molecule has 0 aliphatic carbocycles. The smallest absolute Gasteiger partial charge is 0.270 e. The van der Waals surface area contributed by atoms with Gasteiger partial charge in [0.2, 0.25) is 0 Å². The van der Waals surface area contributed by atoms with Gasteiger partial charge >= 0.3 is 0 Å². The molecule has 0 saturated heterocycles. The summed E-state index contributed by atoms with van der Waals surface area (Å²) < 4.78 is 0. The van der Waals surface area contributed by atoms with Gasteiger partial charge in [0.05, 0.1) is 24.7 Å². The Hall–Kier alpha value is -3.81. The van der Waals surface area contributed by atoms with Crippen LogP contribution >= 0.6 is 0 Å². The lowest BCUT2D eigenvalue weighted by Gasteiger charge is -2.03. The van der Waals surface area contributed by atoms with Gasteiger partial charge < -0.3 is 5.32 Å². The summed E-state index contributed by atoms with van der Waals surface area (Å²) >= 11 is 0. The first-order chi connectivity index (χ1) is 12.7. The Kier molecular flexibility index (Phi) is 5.46. The number of hydrogen-bond acceptors (Lipinski definition) is 5. The predicted octanol–water partition coefficient (Wildman–Crippen LogP) is 1.35. The number of nitrogens with zero attached hydrogens (tertiary/aromatic N) is 3. The van der Waals surface area contributed by atoms with Crippen LogP contribution in [0.1, 0.15) is 16.1 Å². The second-order valence-electron chi connectivity index (χ2n) is 5.26. The number of hydrazone groups is 1. The van der Waals surface area contributed by atoms with Crippen molar-refractivity contribution in [2.24, 2.45) is 5.10 Å². The molecule has 3 rings (SSSR count). The zero-order valence-electron chi connectivity index (χ0n) is 13.7. The molecule has 0 spiro atoms. The van der Waals surface area contributed by atoms with Crippen LogP contribution in [0.2, 0.25) is 0 Å². The molecule has 2 aromatic heterocycles. The minimum Gasteiger partial charge on any atom is -0.342 e. The molecule has 0 aliphatic heterocycles. The molecule has 130 valence electrons. The Morgan fingerprint density at radius 3 is 2.69 bits per heavy atom. The summed E-state index contributed by atoms with van der Waals surface area (Å²) in [6.45, 7) is -0.205. The van der Waals surface area contributed by atoms with E-state index in [4.69, 9.17) is 0 Å². The van der Waals surface area contributed by atoms with Crippen LogP contribution < -0.4 is 10.7 Å². The normalized spacial score (nSPS) is 10.6. The summed E-state index contributed by atoms with van der Waals surface area (Å²) in [5.74, 6) is -0.874. The fraction of sp³-hybridized carbons (Fsp3) is 0.0556. The summed E-state index contributed by atoms with van der Waals surface area (Å²) in [6, 6.07) is 14.6. The zero-order chi connectivity index (χ0) is 18.2. The van der Waals surface area contributed by atoms with Gasteiger partial charge in [-0.3, -0.25) is 19.7 Å². The van der Waals surface area contributed by atoms with E-state index in [2.05, 4.69) is 31.0 Å². The van der Waals surface area contributed by atoms with Crippen LogP contribution in [0, 0.1) is 0 Å². The van der Waals surface area contributed by atoms with Crippen LogP contribution in [-0.2, 0) is 4.79 Å². The van der Waals surface area contributed by atoms with Crippen molar-refractivity contribution in [3.05, 3.63) is 72.2 Å². The van der Waals surface area contributed by atoms with Gasteiger partial charge in [-0.15, -0.1) is 0 Å².